The van der Waals surface area contributed by atoms with Crippen molar-refractivity contribution < 1.29 is 24.4 Å². The monoisotopic (exact) mass is 358 g/mol. The Hall–Kier alpha value is -2.08. The number of hydrogen-bond acceptors (Lipinski definition) is 5. The average molecular weight is 358 g/mol. The Morgan fingerprint density at radius 1 is 1.00 bits per heavy atom. The maximum atomic E-state index is 9.35. The first-order chi connectivity index (χ1) is 12.5. The minimum Gasteiger partial charge on any atom is -0.491 e. The number of aliphatic hydroxyl groups excluding tert-OH is 2. The fraction of sp³-hybridized carbons (Fsp3) is 0.429. The van der Waals surface area contributed by atoms with Gasteiger partial charge in [-0.1, -0.05) is 38.1 Å². The lowest BCUT2D eigenvalue weighted by molar-refractivity contribution is 0.0536. The van der Waals surface area contributed by atoms with E-state index in [1.54, 1.807) is 0 Å². The Labute approximate surface area is 154 Å². The standard InChI is InChI=1S/C21H26O5/c1-21(2,15-3-7-18(8-4-15)24-12-17(23)11-22)16-5-9-19(10-6-16)25-13-20-14-26-20/h3-10,17,20,22-23H,11-14H2,1-2H3/t17-,20+/m1/s1. The van der Waals surface area contributed by atoms with E-state index in [0.717, 1.165) is 17.9 Å². The molecule has 1 saturated heterocycles. The van der Waals surface area contributed by atoms with E-state index in [1.165, 1.54) is 5.56 Å². The van der Waals surface area contributed by atoms with Crippen molar-refractivity contribution in [1.29, 1.82) is 0 Å². The third-order valence-electron chi connectivity index (χ3n) is 4.64. The first-order valence-corrected chi connectivity index (χ1v) is 8.86. The second-order valence-corrected chi connectivity index (χ2v) is 7.09. The average Bonchev–Trinajstić information content (AvgIpc) is 3.49. The molecule has 140 valence electrons. The molecule has 3 rings (SSSR count). The molecule has 0 aliphatic carbocycles. The molecule has 5 heteroatoms. The molecule has 0 bridgehead atoms. The summed E-state index contributed by atoms with van der Waals surface area (Å²) in [4.78, 5) is 0. The lowest BCUT2D eigenvalue weighted by atomic mass is 9.78. The highest BCUT2D eigenvalue weighted by Gasteiger charge is 2.24. The predicted molar refractivity (Wildman–Crippen MR) is 98.8 cm³/mol. The third kappa shape index (κ3) is 4.75. The molecule has 2 aromatic carbocycles. The lowest BCUT2D eigenvalue weighted by Crippen LogP contribution is -2.21. The molecule has 2 N–H and O–H groups in total. The number of aliphatic hydroxyl groups is 2. The van der Waals surface area contributed by atoms with Crippen LogP contribution < -0.4 is 9.47 Å². The van der Waals surface area contributed by atoms with E-state index in [4.69, 9.17) is 19.3 Å². The molecular formula is C21H26O5. The minimum atomic E-state index is -0.863. The Balaban J connectivity index is 1.64. The van der Waals surface area contributed by atoms with Gasteiger partial charge in [-0.2, -0.15) is 0 Å². The van der Waals surface area contributed by atoms with Crippen molar-refractivity contribution in [2.45, 2.75) is 31.5 Å². The van der Waals surface area contributed by atoms with Crippen molar-refractivity contribution in [3.05, 3.63) is 59.7 Å². The normalized spacial score (nSPS) is 17.6. The maximum absolute atomic E-state index is 9.35. The molecule has 0 aromatic heterocycles. The second kappa shape index (κ2) is 8.08. The van der Waals surface area contributed by atoms with Crippen LogP contribution in [0.2, 0.25) is 0 Å². The van der Waals surface area contributed by atoms with Gasteiger partial charge in [0.2, 0.25) is 0 Å². The second-order valence-electron chi connectivity index (χ2n) is 7.09. The van der Waals surface area contributed by atoms with Gasteiger partial charge in [-0.05, 0) is 35.4 Å². The molecule has 0 unspecified atom stereocenters. The van der Waals surface area contributed by atoms with Gasteiger partial charge in [0.15, 0.2) is 0 Å². The summed E-state index contributed by atoms with van der Waals surface area (Å²) in [5.74, 6) is 1.52. The summed E-state index contributed by atoms with van der Waals surface area (Å²) in [5, 5.41) is 18.2. The van der Waals surface area contributed by atoms with Crippen molar-refractivity contribution in [3.8, 4) is 11.5 Å². The van der Waals surface area contributed by atoms with Crippen LogP contribution in [-0.2, 0) is 10.2 Å². The van der Waals surface area contributed by atoms with Crippen LogP contribution in [-0.4, -0.2) is 48.8 Å². The van der Waals surface area contributed by atoms with Gasteiger partial charge >= 0.3 is 0 Å². The maximum Gasteiger partial charge on any atom is 0.119 e. The molecular weight excluding hydrogens is 332 g/mol. The van der Waals surface area contributed by atoms with E-state index in [-0.39, 0.29) is 24.7 Å². The fourth-order valence-electron chi connectivity index (χ4n) is 2.70. The zero-order valence-electron chi connectivity index (χ0n) is 15.2. The number of ether oxygens (including phenoxy) is 3. The quantitative estimate of drug-likeness (QED) is 0.674. The van der Waals surface area contributed by atoms with Gasteiger partial charge in [-0.15, -0.1) is 0 Å². The minimum absolute atomic E-state index is 0.0760. The van der Waals surface area contributed by atoms with Gasteiger partial charge in [0, 0.05) is 5.41 Å². The largest absolute Gasteiger partial charge is 0.491 e. The molecule has 2 atom stereocenters. The van der Waals surface area contributed by atoms with E-state index in [9.17, 15) is 5.11 Å². The summed E-state index contributed by atoms with van der Waals surface area (Å²) in [7, 11) is 0. The Morgan fingerprint density at radius 3 is 1.96 bits per heavy atom. The van der Waals surface area contributed by atoms with E-state index in [0.29, 0.717) is 12.4 Å². The highest BCUT2D eigenvalue weighted by atomic mass is 16.6. The lowest BCUT2D eigenvalue weighted by Gasteiger charge is -2.26. The molecule has 0 radical (unpaired) electrons. The molecule has 0 saturated carbocycles. The smallest absolute Gasteiger partial charge is 0.119 e. The van der Waals surface area contributed by atoms with E-state index in [1.807, 2.05) is 36.4 Å². The van der Waals surface area contributed by atoms with Crippen LogP contribution >= 0.6 is 0 Å². The van der Waals surface area contributed by atoms with Crippen LogP contribution in [0, 0.1) is 0 Å². The van der Waals surface area contributed by atoms with Crippen molar-refractivity contribution in [1.82, 2.24) is 0 Å². The number of benzene rings is 2. The SMILES string of the molecule is CC(C)(c1ccc(OC[C@H](O)CO)cc1)c1ccc(OC[C@H]2CO2)cc1. The molecule has 0 spiro atoms. The molecule has 1 heterocycles. The number of hydrogen-bond donors (Lipinski definition) is 2. The summed E-state index contributed by atoms with van der Waals surface area (Å²) in [5.41, 5.74) is 2.19. The van der Waals surface area contributed by atoms with Crippen LogP contribution in [0.3, 0.4) is 0 Å². The Bertz CT molecular complexity index is 689. The van der Waals surface area contributed by atoms with Gasteiger partial charge in [0.25, 0.3) is 0 Å². The summed E-state index contributed by atoms with van der Waals surface area (Å²) in [6, 6.07) is 16.0. The predicted octanol–water partition coefficient (Wildman–Crippen LogP) is 2.52. The molecule has 1 fully saturated rings. The van der Waals surface area contributed by atoms with Crippen molar-refractivity contribution >= 4 is 0 Å². The Kier molecular flexibility index (Phi) is 5.81. The van der Waals surface area contributed by atoms with Crippen LogP contribution in [0.15, 0.2) is 48.5 Å². The van der Waals surface area contributed by atoms with E-state index in [2.05, 4.69) is 26.0 Å². The van der Waals surface area contributed by atoms with Crippen molar-refractivity contribution in [2.24, 2.45) is 0 Å². The molecule has 26 heavy (non-hydrogen) atoms. The zero-order valence-corrected chi connectivity index (χ0v) is 15.2. The number of epoxide rings is 1. The first-order valence-electron chi connectivity index (χ1n) is 8.86. The molecule has 1 aliphatic rings. The summed E-state index contributed by atoms with van der Waals surface area (Å²) >= 11 is 0. The topological polar surface area (TPSA) is 71.5 Å². The zero-order chi connectivity index (χ0) is 18.6. The van der Waals surface area contributed by atoms with Crippen molar-refractivity contribution in [3.63, 3.8) is 0 Å². The molecule has 2 aromatic rings. The summed E-state index contributed by atoms with van der Waals surface area (Å²) in [6.07, 6.45) is -0.608. The summed E-state index contributed by atoms with van der Waals surface area (Å²) in [6.45, 7) is 5.52. The molecule has 1 aliphatic heterocycles. The van der Waals surface area contributed by atoms with Gasteiger partial charge in [0.05, 0.1) is 13.2 Å². The summed E-state index contributed by atoms with van der Waals surface area (Å²) < 4.78 is 16.3. The molecule has 0 amide bonds. The number of rotatable bonds is 9. The first kappa shape index (κ1) is 18.7. The third-order valence-corrected chi connectivity index (χ3v) is 4.64. The highest BCUT2D eigenvalue weighted by molar-refractivity contribution is 5.41. The van der Waals surface area contributed by atoms with Gasteiger partial charge in [-0.25, -0.2) is 0 Å². The van der Waals surface area contributed by atoms with Crippen molar-refractivity contribution in [2.75, 3.05) is 26.4 Å². The van der Waals surface area contributed by atoms with E-state index < -0.39 is 6.10 Å². The van der Waals surface area contributed by atoms with Gasteiger partial charge in [0.1, 0.15) is 36.9 Å². The Morgan fingerprint density at radius 2 is 1.50 bits per heavy atom. The van der Waals surface area contributed by atoms with E-state index >= 15 is 0 Å². The van der Waals surface area contributed by atoms with Gasteiger partial charge < -0.3 is 24.4 Å². The fourth-order valence-corrected chi connectivity index (χ4v) is 2.70. The van der Waals surface area contributed by atoms with Crippen LogP contribution in [0.25, 0.3) is 0 Å². The highest BCUT2D eigenvalue weighted by Crippen LogP contribution is 2.33. The molecule has 5 nitrogen and oxygen atoms in total. The van der Waals surface area contributed by atoms with Crippen LogP contribution in [0.4, 0.5) is 0 Å². The van der Waals surface area contributed by atoms with Crippen LogP contribution in [0.5, 0.6) is 11.5 Å². The van der Waals surface area contributed by atoms with Crippen LogP contribution in [0.1, 0.15) is 25.0 Å². The van der Waals surface area contributed by atoms with Gasteiger partial charge in [-0.3, -0.25) is 0 Å².